The Morgan fingerprint density at radius 3 is 2.20 bits per heavy atom. The molecule has 3 aromatic rings. The molecule has 4 rings (SSSR count). The van der Waals surface area contributed by atoms with Gasteiger partial charge in [-0.3, -0.25) is 4.79 Å². The van der Waals surface area contributed by atoms with Gasteiger partial charge in [0, 0.05) is 30.4 Å². The third kappa shape index (κ3) is 4.33. The summed E-state index contributed by atoms with van der Waals surface area (Å²) in [6.45, 7) is 1.43. The van der Waals surface area contributed by atoms with Gasteiger partial charge in [-0.05, 0) is 31.1 Å². The van der Waals surface area contributed by atoms with Gasteiger partial charge in [-0.2, -0.15) is 10.4 Å². The van der Waals surface area contributed by atoms with Crippen LogP contribution in [0.1, 0.15) is 31.2 Å². The van der Waals surface area contributed by atoms with Gasteiger partial charge in [0.15, 0.2) is 0 Å². The third-order valence-corrected chi connectivity index (χ3v) is 5.35. The highest BCUT2D eigenvalue weighted by Crippen LogP contribution is 2.26. The van der Waals surface area contributed by atoms with Gasteiger partial charge >= 0.3 is 0 Å². The Morgan fingerprint density at radius 1 is 0.933 bits per heavy atom. The molecule has 1 aliphatic rings. The summed E-state index contributed by atoms with van der Waals surface area (Å²) in [5.74, 6) is -0.189. The molecule has 1 fully saturated rings. The number of benzene rings is 2. The summed E-state index contributed by atoms with van der Waals surface area (Å²) in [5, 5.41) is 14.5. The first-order valence-electron chi connectivity index (χ1n) is 10.4. The van der Waals surface area contributed by atoms with Crippen LogP contribution < -0.4 is 0 Å². The lowest BCUT2D eigenvalue weighted by molar-refractivity contribution is -0.126. The first-order chi connectivity index (χ1) is 14.8. The number of para-hydroxylation sites is 1. The van der Waals surface area contributed by atoms with Crippen molar-refractivity contribution in [3.8, 4) is 23.0 Å². The van der Waals surface area contributed by atoms with E-state index in [0.29, 0.717) is 13.1 Å². The fourth-order valence-corrected chi connectivity index (χ4v) is 3.77. The molecule has 0 spiro atoms. The van der Waals surface area contributed by atoms with Gasteiger partial charge in [-0.25, -0.2) is 4.68 Å². The van der Waals surface area contributed by atoms with Crippen LogP contribution >= 0.6 is 0 Å². The molecule has 5 nitrogen and oxygen atoms in total. The molecule has 1 aromatic heterocycles. The summed E-state index contributed by atoms with van der Waals surface area (Å²) in [5.41, 5.74) is 3.52. The largest absolute Gasteiger partial charge is 0.338 e. The number of amides is 1. The zero-order chi connectivity index (χ0) is 20.8. The number of aromatic nitrogens is 2. The molecular formula is C25H24N4O. The van der Waals surface area contributed by atoms with Gasteiger partial charge in [0.05, 0.1) is 11.4 Å². The van der Waals surface area contributed by atoms with Crippen molar-refractivity contribution < 1.29 is 4.79 Å². The van der Waals surface area contributed by atoms with E-state index in [9.17, 15) is 10.1 Å². The second kappa shape index (κ2) is 9.23. The number of rotatable bonds is 4. The van der Waals surface area contributed by atoms with Crippen LogP contribution in [0, 0.1) is 11.3 Å². The molecule has 2 heterocycles. The van der Waals surface area contributed by atoms with Crippen molar-refractivity contribution in [1.29, 1.82) is 5.26 Å². The van der Waals surface area contributed by atoms with Crippen molar-refractivity contribution in [2.24, 2.45) is 0 Å². The number of carbonyl (C=O) groups excluding carboxylic acids is 1. The summed E-state index contributed by atoms with van der Waals surface area (Å²) < 4.78 is 1.79. The predicted octanol–water partition coefficient (Wildman–Crippen LogP) is 4.85. The Bertz CT molecular complexity index is 1070. The molecule has 0 N–H and O–H groups in total. The highest BCUT2D eigenvalue weighted by Gasteiger charge is 2.21. The number of nitriles is 1. The summed E-state index contributed by atoms with van der Waals surface area (Å²) >= 11 is 0. The van der Waals surface area contributed by atoms with Crippen LogP contribution in [-0.4, -0.2) is 33.7 Å². The summed E-state index contributed by atoms with van der Waals surface area (Å²) in [4.78, 5) is 14.8. The molecule has 0 saturated carbocycles. The standard InChI is InChI=1S/C25H24N4O/c26-18-21(25(30)28-15-9-1-2-10-16-28)17-22-19-29(23-13-7-4-8-14-23)27-24(22)20-11-5-3-6-12-20/h3-8,11-14,17,19H,1-2,9-10,15-16H2. The van der Waals surface area contributed by atoms with Crippen molar-refractivity contribution in [2.75, 3.05) is 13.1 Å². The highest BCUT2D eigenvalue weighted by atomic mass is 16.2. The summed E-state index contributed by atoms with van der Waals surface area (Å²) in [6.07, 6.45) is 7.82. The summed E-state index contributed by atoms with van der Waals surface area (Å²) in [7, 11) is 0. The van der Waals surface area contributed by atoms with E-state index in [4.69, 9.17) is 5.10 Å². The van der Waals surface area contributed by atoms with Gasteiger partial charge < -0.3 is 4.90 Å². The van der Waals surface area contributed by atoms with Gasteiger partial charge in [0.25, 0.3) is 5.91 Å². The van der Waals surface area contributed by atoms with Crippen LogP contribution in [0.4, 0.5) is 0 Å². The predicted molar refractivity (Wildman–Crippen MR) is 118 cm³/mol. The number of hydrogen-bond donors (Lipinski definition) is 0. The van der Waals surface area contributed by atoms with Gasteiger partial charge in [0.1, 0.15) is 11.6 Å². The molecule has 1 aliphatic heterocycles. The molecule has 30 heavy (non-hydrogen) atoms. The maximum Gasteiger partial charge on any atom is 0.264 e. The first-order valence-corrected chi connectivity index (χ1v) is 10.4. The van der Waals surface area contributed by atoms with Crippen molar-refractivity contribution in [3.05, 3.63) is 78.0 Å². The van der Waals surface area contributed by atoms with Crippen LogP contribution in [0.2, 0.25) is 0 Å². The molecule has 150 valence electrons. The van der Waals surface area contributed by atoms with E-state index in [-0.39, 0.29) is 11.5 Å². The van der Waals surface area contributed by atoms with Crippen molar-refractivity contribution in [2.45, 2.75) is 25.7 Å². The van der Waals surface area contributed by atoms with Gasteiger partial charge in [0.2, 0.25) is 0 Å². The molecule has 0 radical (unpaired) electrons. The lowest BCUT2D eigenvalue weighted by Gasteiger charge is -2.19. The zero-order valence-corrected chi connectivity index (χ0v) is 16.9. The van der Waals surface area contributed by atoms with Gasteiger partial charge in [-0.15, -0.1) is 0 Å². The molecule has 2 aromatic carbocycles. The smallest absolute Gasteiger partial charge is 0.264 e. The second-order valence-corrected chi connectivity index (χ2v) is 7.46. The molecule has 0 aliphatic carbocycles. The normalized spacial score (nSPS) is 14.8. The second-order valence-electron chi connectivity index (χ2n) is 7.46. The van der Waals surface area contributed by atoms with Crippen LogP contribution in [0.3, 0.4) is 0 Å². The van der Waals surface area contributed by atoms with Crippen molar-refractivity contribution in [1.82, 2.24) is 14.7 Å². The number of nitrogens with zero attached hydrogens (tertiary/aromatic N) is 4. The minimum absolute atomic E-state index is 0.154. The Morgan fingerprint density at radius 2 is 1.57 bits per heavy atom. The van der Waals surface area contributed by atoms with E-state index in [0.717, 1.165) is 48.2 Å². The maximum absolute atomic E-state index is 13.0. The van der Waals surface area contributed by atoms with Crippen molar-refractivity contribution >= 4 is 12.0 Å². The molecule has 0 unspecified atom stereocenters. The van der Waals surface area contributed by atoms with E-state index in [1.165, 1.54) is 0 Å². The quantitative estimate of drug-likeness (QED) is 0.468. The van der Waals surface area contributed by atoms with Crippen LogP contribution in [-0.2, 0) is 4.79 Å². The molecular weight excluding hydrogens is 372 g/mol. The monoisotopic (exact) mass is 396 g/mol. The van der Waals surface area contributed by atoms with Crippen molar-refractivity contribution in [3.63, 3.8) is 0 Å². The molecule has 1 amide bonds. The fourth-order valence-electron chi connectivity index (χ4n) is 3.77. The van der Waals surface area contributed by atoms with Gasteiger partial charge in [-0.1, -0.05) is 61.4 Å². The topological polar surface area (TPSA) is 61.9 Å². The Balaban J connectivity index is 1.75. The minimum Gasteiger partial charge on any atom is -0.338 e. The average molecular weight is 396 g/mol. The van der Waals surface area contributed by atoms with Crippen LogP contribution in [0.5, 0.6) is 0 Å². The van der Waals surface area contributed by atoms with E-state index in [1.807, 2.05) is 71.8 Å². The van der Waals surface area contributed by atoms with E-state index >= 15 is 0 Å². The molecule has 1 saturated heterocycles. The molecule has 0 atom stereocenters. The first kappa shape index (κ1) is 19.7. The Labute approximate surface area is 176 Å². The number of likely N-dealkylation sites (tertiary alicyclic amines) is 1. The van der Waals surface area contributed by atoms with E-state index in [1.54, 1.807) is 10.8 Å². The van der Waals surface area contributed by atoms with E-state index < -0.39 is 0 Å². The Kier molecular flexibility index (Phi) is 6.05. The third-order valence-electron chi connectivity index (χ3n) is 5.35. The SMILES string of the molecule is N#CC(=Cc1cn(-c2ccccc2)nc1-c1ccccc1)C(=O)N1CCCCCC1. The zero-order valence-electron chi connectivity index (χ0n) is 16.9. The number of carbonyl (C=O) groups is 1. The highest BCUT2D eigenvalue weighted by molar-refractivity contribution is 6.02. The van der Waals surface area contributed by atoms with Crippen LogP contribution in [0.25, 0.3) is 23.0 Å². The number of hydrogen-bond acceptors (Lipinski definition) is 3. The van der Waals surface area contributed by atoms with Crippen LogP contribution in [0.15, 0.2) is 72.4 Å². The minimum atomic E-state index is -0.189. The lowest BCUT2D eigenvalue weighted by Crippen LogP contribution is -2.32. The molecule has 5 heteroatoms. The fraction of sp³-hybridized carbons (Fsp3) is 0.240. The average Bonchev–Trinajstić information content (AvgIpc) is 3.03. The maximum atomic E-state index is 13.0. The Hall–Kier alpha value is -3.65. The molecule has 0 bridgehead atoms. The summed E-state index contributed by atoms with van der Waals surface area (Å²) in [6, 6.07) is 21.8. The lowest BCUT2D eigenvalue weighted by atomic mass is 10.1. The van der Waals surface area contributed by atoms with E-state index in [2.05, 4.69) is 6.07 Å².